The summed E-state index contributed by atoms with van der Waals surface area (Å²) >= 11 is 0. The van der Waals surface area contributed by atoms with Crippen LogP contribution in [0, 0.1) is 6.92 Å². The first-order valence-corrected chi connectivity index (χ1v) is 9.43. The Labute approximate surface area is 146 Å². The molecule has 1 N–H and O–H groups in total. The average molecular weight is 357 g/mol. The van der Waals surface area contributed by atoms with E-state index >= 15 is 0 Å². The van der Waals surface area contributed by atoms with Crippen LogP contribution in [0.4, 0.5) is 5.82 Å². The van der Waals surface area contributed by atoms with Gasteiger partial charge < -0.3 is 0 Å². The van der Waals surface area contributed by atoms with E-state index < -0.39 is 10.0 Å². The van der Waals surface area contributed by atoms with Crippen molar-refractivity contribution in [3.8, 4) is 5.69 Å². The molecule has 2 aromatic carbocycles. The second-order valence-electron chi connectivity index (χ2n) is 5.80. The van der Waals surface area contributed by atoms with E-state index in [1.54, 1.807) is 50.4 Å². The van der Waals surface area contributed by atoms with Gasteiger partial charge in [-0.25, -0.2) is 13.1 Å². The minimum Gasteiger partial charge on any atom is -0.267 e. The van der Waals surface area contributed by atoms with E-state index in [1.165, 1.54) is 9.36 Å². The number of nitrogens with zero attached hydrogens (tertiary/aromatic N) is 2. The number of benzene rings is 2. The van der Waals surface area contributed by atoms with Crippen LogP contribution in [0.3, 0.4) is 0 Å². The van der Waals surface area contributed by atoms with Gasteiger partial charge in [-0.3, -0.25) is 14.2 Å². The van der Waals surface area contributed by atoms with Crippen LogP contribution in [0.2, 0.25) is 0 Å². The summed E-state index contributed by atoms with van der Waals surface area (Å²) in [5.74, 6) is 0.114. The molecule has 0 spiro atoms. The second kappa shape index (κ2) is 6.60. The van der Waals surface area contributed by atoms with Crippen LogP contribution in [0.25, 0.3) is 5.69 Å². The van der Waals surface area contributed by atoms with Crippen LogP contribution < -0.4 is 10.3 Å². The highest BCUT2D eigenvalue weighted by atomic mass is 32.2. The first kappa shape index (κ1) is 17.0. The molecule has 0 aliphatic rings. The molecule has 0 radical (unpaired) electrons. The van der Waals surface area contributed by atoms with Crippen molar-refractivity contribution in [2.24, 2.45) is 7.05 Å². The summed E-state index contributed by atoms with van der Waals surface area (Å²) < 4.78 is 30.5. The first-order chi connectivity index (χ1) is 11.9. The summed E-state index contributed by atoms with van der Waals surface area (Å²) in [5, 5.41) is 0. The quantitative estimate of drug-likeness (QED) is 0.762. The van der Waals surface area contributed by atoms with Gasteiger partial charge in [0.25, 0.3) is 5.56 Å². The SMILES string of the molecule is Cc1c(NS(=O)(=O)Cc2ccccc2)n(C)n(-c2ccccc2)c1=O. The van der Waals surface area contributed by atoms with Crippen molar-refractivity contribution in [2.45, 2.75) is 12.7 Å². The lowest BCUT2D eigenvalue weighted by atomic mass is 10.2. The van der Waals surface area contributed by atoms with Crippen LogP contribution >= 0.6 is 0 Å². The molecule has 0 saturated heterocycles. The molecule has 3 rings (SSSR count). The third kappa shape index (κ3) is 3.51. The predicted octanol–water partition coefficient (Wildman–Crippen LogP) is 2.43. The minimum atomic E-state index is -3.64. The molecule has 0 atom stereocenters. The summed E-state index contributed by atoms with van der Waals surface area (Å²) in [6, 6.07) is 18.0. The number of aromatic nitrogens is 2. The number of para-hydroxylation sites is 1. The highest BCUT2D eigenvalue weighted by Gasteiger charge is 2.20. The van der Waals surface area contributed by atoms with E-state index in [4.69, 9.17) is 0 Å². The van der Waals surface area contributed by atoms with Crippen molar-refractivity contribution in [1.29, 1.82) is 0 Å². The lowest BCUT2D eigenvalue weighted by molar-refractivity contribution is 0.598. The molecule has 6 nitrogen and oxygen atoms in total. The summed E-state index contributed by atoms with van der Waals surface area (Å²) in [7, 11) is -1.99. The van der Waals surface area contributed by atoms with E-state index in [2.05, 4.69) is 4.72 Å². The maximum absolute atomic E-state index is 12.6. The van der Waals surface area contributed by atoms with Crippen molar-refractivity contribution in [3.05, 3.63) is 82.1 Å². The van der Waals surface area contributed by atoms with Gasteiger partial charge >= 0.3 is 0 Å². The van der Waals surface area contributed by atoms with Gasteiger partial charge in [0.05, 0.1) is 17.0 Å². The van der Waals surface area contributed by atoms with Gasteiger partial charge in [0, 0.05) is 7.05 Å². The highest BCUT2D eigenvalue weighted by Crippen LogP contribution is 2.17. The molecule has 0 aliphatic carbocycles. The zero-order valence-electron chi connectivity index (χ0n) is 14.0. The molecule has 7 heteroatoms. The molecule has 0 saturated carbocycles. The Morgan fingerprint density at radius 2 is 1.52 bits per heavy atom. The standard InChI is InChI=1S/C18H19N3O3S/c1-14-17(19-25(23,24)13-15-9-5-3-6-10-15)20(2)21(18(14)22)16-11-7-4-8-12-16/h3-12,19H,13H2,1-2H3. The number of nitrogens with one attached hydrogen (secondary N) is 1. The minimum absolute atomic E-state index is 0.155. The first-order valence-electron chi connectivity index (χ1n) is 7.77. The van der Waals surface area contributed by atoms with Gasteiger partial charge in [-0.1, -0.05) is 48.5 Å². The van der Waals surface area contributed by atoms with Gasteiger partial charge in [-0.2, -0.15) is 0 Å². The molecule has 0 amide bonds. The van der Waals surface area contributed by atoms with E-state index in [1.807, 2.05) is 24.3 Å². The normalized spacial score (nSPS) is 11.4. The molecule has 3 aromatic rings. The Morgan fingerprint density at radius 1 is 0.960 bits per heavy atom. The molecule has 1 heterocycles. The van der Waals surface area contributed by atoms with Crippen LogP contribution in [0.1, 0.15) is 11.1 Å². The van der Waals surface area contributed by atoms with Crippen LogP contribution in [0.15, 0.2) is 65.5 Å². The van der Waals surface area contributed by atoms with Gasteiger partial charge in [-0.15, -0.1) is 0 Å². The molecule has 0 aliphatic heterocycles. The molecular weight excluding hydrogens is 338 g/mol. The molecule has 25 heavy (non-hydrogen) atoms. The monoisotopic (exact) mass is 357 g/mol. The highest BCUT2D eigenvalue weighted by molar-refractivity contribution is 7.91. The van der Waals surface area contributed by atoms with E-state index in [9.17, 15) is 13.2 Å². The van der Waals surface area contributed by atoms with Crippen LogP contribution in [-0.4, -0.2) is 17.8 Å². The Kier molecular flexibility index (Phi) is 4.50. The maximum atomic E-state index is 12.6. The summed E-state index contributed by atoms with van der Waals surface area (Å²) in [4.78, 5) is 12.6. The molecule has 0 fully saturated rings. The lowest BCUT2D eigenvalue weighted by Gasteiger charge is -2.12. The van der Waals surface area contributed by atoms with Gasteiger partial charge in [0.1, 0.15) is 5.82 Å². The Balaban J connectivity index is 1.97. The smallest absolute Gasteiger partial charge is 0.267 e. The fourth-order valence-corrected chi connectivity index (χ4v) is 4.00. The third-order valence-corrected chi connectivity index (χ3v) is 5.16. The van der Waals surface area contributed by atoms with Crippen LogP contribution in [-0.2, 0) is 22.8 Å². The second-order valence-corrected chi connectivity index (χ2v) is 7.52. The largest absolute Gasteiger partial charge is 0.276 e. The topological polar surface area (TPSA) is 73.1 Å². The summed E-state index contributed by atoms with van der Waals surface area (Å²) in [5.41, 5.74) is 1.45. The van der Waals surface area contributed by atoms with Crippen LogP contribution in [0.5, 0.6) is 0 Å². The molecule has 0 bridgehead atoms. The molecule has 130 valence electrons. The zero-order chi connectivity index (χ0) is 18.0. The number of rotatable bonds is 5. The van der Waals surface area contributed by atoms with Crippen molar-refractivity contribution < 1.29 is 8.42 Å². The maximum Gasteiger partial charge on any atom is 0.276 e. The predicted molar refractivity (Wildman–Crippen MR) is 98.4 cm³/mol. The zero-order valence-corrected chi connectivity index (χ0v) is 14.8. The summed E-state index contributed by atoms with van der Waals surface area (Å²) in [6.07, 6.45) is 0. The fourth-order valence-electron chi connectivity index (χ4n) is 2.72. The van der Waals surface area contributed by atoms with Crippen molar-refractivity contribution in [3.63, 3.8) is 0 Å². The van der Waals surface area contributed by atoms with Crippen molar-refractivity contribution in [1.82, 2.24) is 9.36 Å². The number of anilines is 1. The lowest BCUT2D eigenvalue weighted by Crippen LogP contribution is -2.21. The van der Waals surface area contributed by atoms with Gasteiger partial charge in [0.15, 0.2) is 0 Å². The Bertz CT molecular complexity index is 1040. The van der Waals surface area contributed by atoms with E-state index in [0.29, 0.717) is 16.8 Å². The van der Waals surface area contributed by atoms with Crippen molar-refractivity contribution >= 4 is 15.8 Å². The summed E-state index contributed by atoms with van der Waals surface area (Å²) in [6.45, 7) is 1.61. The number of hydrogen-bond acceptors (Lipinski definition) is 3. The molecule has 0 unspecified atom stereocenters. The van der Waals surface area contributed by atoms with Crippen molar-refractivity contribution in [2.75, 3.05) is 4.72 Å². The third-order valence-electron chi connectivity index (χ3n) is 3.94. The van der Waals surface area contributed by atoms with E-state index in [-0.39, 0.29) is 17.1 Å². The Morgan fingerprint density at radius 3 is 2.12 bits per heavy atom. The van der Waals surface area contributed by atoms with E-state index in [0.717, 1.165) is 0 Å². The Hall–Kier alpha value is -2.80. The molecule has 1 aromatic heterocycles. The number of hydrogen-bond donors (Lipinski definition) is 1. The number of sulfonamides is 1. The van der Waals surface area contributed by atoms with Gasteiger partial charge in [0.2, 0.25) is 10.0 Å². The van der Waals surface area contributed by atoms with Gasteiger partial charge in [-0.05, 0) is 24.6 Å². The molecular formula is C18H19N3O3S. The fraction of sp³-hybridized carbons (Fsp3) is 0.167. The average Bonchev–Trinajstić information content (AvgIpc) is 2.79.